The van der Waals surface area contributed by atoms with Gasteiger partial charge in [-0.3, -0.25) is 4.79 Å². The maximum atomic E-state index is 13.6. The highest BCUT2D eigenvalue weighted by Crippen LogP contribution is 2.47. The fourth-order valence-corrected chi connectivity index (χ4v) is 5.12. The summed E-state index contributed by atoms with van der Waals surface area (Å²) in [7, 11) is 2.49. The van der Waals surface area contributed by atoms with Gasteiger partial charge >= 0.3 is 11.9 Å². The van der Waals surface area contributed by atoms with E-state index in [4.69, 9.17) is 21.1 Å². The van der Waals surface area contributed by atoms with Crippen molar-refractivity contribution in [2.75, 3.05) is 19.5 Å². The van der Waals surface area contributed by atoms with Crippen molar-refractivity contribution in [3.05, 3.63) is 105 Å². The first-order valence-electron chi connectivity index (χ1n) is 11.9. The minimum Gasteiger partial charge on any atom is -0.465 e. The van der Waals surface area contributed by atoms with Crippen LogP contribution in [0.25, 0.3) is 16.9 Å². The summed E-state index contributed by atoms with van der Waals surface area (Å²) in [6.45, 7) is 3.92. The van der Waals surface area contributed by atoms with Crippen LogP contribution in [0.15, 0.2) is 66.7 Å². The van der Waals surface area contributed by atoms with Crippen LogP contribution < -0.4 is 5.32 Å². The number of ether oxygens (including phenoxy) is 2. The number of halogens is 1. The highest BCUT2D eigenvalue weighted by atomic mass is 35.5. The van der Waals surface area contributed by atoms with E-state index in [2.05, 4.69) is 5.32 Å². The van der Waals surface area contributed by atoms with Gasteiger partial charge in [-0.05, 0) is 55.3 Å². The molecule has 0 saturated heterocycles. The van der Waals surface area contributed by atoms with Crippen LogP contribution in [0.5, 0.6) is 0 Å². The molecule has 1 unspecified atom stereocenters. The number of nitrogens with zero attached hydrogens (tertiary/aromatic N) is 1. The molecule has 1 N–H and O–H groups in total. The summed E-state index contributed by atoms with van der Waals surface area (Å²) in [5, 5.41) is 3.33. The second-order valence-corrected chi connectivity index (χ2v) is 9.60. The van der Waals surface area contributed by atoms with Crippen LogP contribution in [0.1, 0.15) is 49.0 Å². The first-order chi connectivity index (χ1) is 18.2. The minimum absolute atomic E-state index is 0.0305. The van der Waals surface area contributed by atoms with Gasteiger partial charge < -0.3 is 19.4 Å². The Morgan fingerprint density at radius 2 is 1.47 bits per heavy atom. The molecular weight excluding hydrogens is 504 g/mol. The number of anilines is 1. The molecule has 0 fully saturated rings. The zero-order valence-electron chi connectivity index (χ0n) is 21.3. The van der Waals surface area contributed by atoms with E-state index in [1.807, 2.05) is 62.4 Å². The van der Waals surface area contributed by atoms with E-state index in [9.17, 15) is 14.4 Å². The lowest BCUT2D eigenvalue weighted by molar-refractivity contribution is -0.116. The number of hydrogen-bond acceptors (Lipinski definition) is 5. The van der Waals surface area contributed by atoms with Crippen LogP contribution in [0, 0.1) is 13.8 Å². The molecule has 1 aliphatic heterocycles. The molecule has 0 saturated carbocycles. The lowest BCUT2D eigenvalue weighted by Crippen LogP contribution is -2.18. The molecule has 7 nitrogen and oxygen atoms in total. The summed E-state index contributed by atoms with van der Waals surface area (Å²) in [5.41, 5.74) is 5.31. The largest absolute Gasteiger partial charge is 0.465 e. The normalized spacial score (nSPS) is 14.1. The maximum Gasteiger partial charge on any atom is 0.355 e. The molecule has 3 aromatic carbocycles. The number of rotatable bonds is 5. The molecule has 2 heterocycles. The van der Waals surface area contributed by atoms with Gasteiger partial charge in [0.15, 0.2) is 0 Å². The predicted octanol–water partition coefficient (Wildman–Crippen LogP) is 6.07. The average molecular weight is 529 g/mol. The monoisotopic (exact) mass is 528 g/mol. The lowest BCUT2D eigenvalue weighted by Gasteiger charge is -2.17. The summed E-state index contributed by atoms with van der Waals surface area (Å²) in [6.07, 6.45) is 0. The van der Waals surface area contributed by atoms with Crippen LogP contribution in [0.3, 0.4) is 0 Å². The first kappa shape index (κ1) is 25.3. The van der Waals surface area contributed by atoms with Gasteiger partial charge in [0.25, 0.3) is 0 Å². The van der Waals surface area contributed by atoms with Crippen molar-refractivity contribution in [2.45, 2.75) is 19.8 Å². The standard InChI is InChI=1S/C30H25ClN2O5/c1-16-5-9-18(10-6-16)26-24(23-21-15-19(31)11-14-22(21)32-28(23)34)25(29(35)37-3)27(30(36)38-4)33(26)20-12-7-17(2)8-13-20/h5-15,23H,1-4H3,(H,32,34). The summed E-state index contributed by atoms with van der Waals surface area (Å²) < 4.78 is 12.0. The number of hydrogen-bond donors (Lipinski definition) is 1. The summed E-state index contributed by atoms with van der Waals surface area (Å²) in [5.74, 6) is -2.79. The van der Waals surface area contributed by atoms with Crippen molar-refractivity contribution in [2.24, 2.45) is 0 Å². The number of methoxy groups -OCH3 is 2. The van der Waals surface area contributed by atoms with E-state index >= 15 is 0 Å². The fourth-order valence-electron chi connectivity index (χ4n) is 4.94. The number of aryl methyl sites for hydroxylation is 2. The van der Waals surface area contributed by atoms with E-state index < -0.39 is 17.9 Å². The Morgan fingerprint density at radius 3 is 2.08 bits per heavy atom. The molecular formula is C30H25ClN2O5. The molecule has 0 bridgehead atoms. The van der Waals surface area contributed by atoms with Crippen LogP contribution >= 0.6 is 11.6 Å². The number of carbonyl (C=O) groups excluding carboxylic acids is 3. The molecule has 192 valence electrons. The average Bonchev–Trinajstić information content (AvgIpc) is 3.42. The third kappa shape index (κ3) is 4.15. The van der Waals surface area contributed by atoms with Gasteiger partial charge in [-0.2, -0.15) is 0 Å². The molecule has 5 rings (SSSR count). The molecule has 4 aromatic rings. The van der Waals surface area contributed by atoms with E-state index in [0.29, 0.717) is 38.8 Å². The number of nitrogens with one attached hydrogen (secondary N) is 1. The van der Waals surface area contributed by atoms with E-state index in [1.54, 1.807) is 22.8 Å². The van der Waals surface area contributed by atoms with Crippen LogP contribution in [-0.2, 0) is 14.3 Å². The Hall–Kier alpha value is -4.36. The topological polar surface area (TPSA) is 86.6 Å². The molecule has 1 aliphatic rings. The van der Waals surface area contributed by atoms with Crippen LogP contribution in [0.4, 0.5) is 5.69 Å². The van der Waals surface area contributed by atoms with E-state index in [0.717, 1.165) is 11.1 Å². The summed E-state index contributed by atoms with van der Waals surface area (Å²) in [4.78, 5) is 40.4. The smallest absolute Gasteiger partial charge is 0.355 e. The van der Waals surface area contributed by atoms with Gasteiger partial charge in [-0.1, -0.05) is 59.1 Å². The second-order valence-electron chi connectivity index (χ2n) is 9.16. The summed E-state index contributed by atoms with van der Waals surface area (Å²) >= 11 is 6.34. The number of carbonyl (C=O) groups is 3. The third-order valence-electron chi connectivity index (χ3n) is 6.73. The minimum atomic E-state index is -0.941. The maximum absolute atomic E-state index is 13.6. The SMILES string of the molecule is COC(=O)c1c(C2C(=O)Nc3ccc(Cl)cc32)c(-c2ccc(C)cc2)n(-c2ccc(C)cc2)c1C(=O)OC. The van der Waals surface area contributed by atoms with E-state index in [-0.39, 0.29) is 17.2 Å². The van der Waals surface area contributed by atoms with Crippen molar-refractivity contribution in [1.82, 2.24) is 4.57 Å². The van der Waals surface area contributed by atoms with Crippen molar-refractivity contribution < 1.29 is 23.9 Å². The van der Waals surface area contributed by atoms with Crippen LogP contribution in [-0.4, -0.2) is 36.6 Å². The molecule has 38 heavy (non-hydrogen) atoms. The van der Waals surface area contributed by atoms with Gasteiger partial charge in [-0.25, -0.2) is 9.59 Å². The van der Waals surface area contributed by atoms with Gasteiger partial charge in [0, 0.05) is 22.0 Å². The second kappa shape index (κ2) is 9.84. The number of benzene rings is 3. The lowest BCUT2D eigenvalue weighted by atomic mass is 9.87. The van der Waals surface area contributed by atoms with Crippen molar-refractivity contribution >= 4 is 35.1 Å². The molecule has 1 amide bonds. The van der Waals surface area contributed by atoms with Gasteiger partial charge in [-0.15, -0.1) is 0 Å². The van der Waals surface area contributed by atoms with E-state index in [1.165, 1.54) is 14.2 Å². The van der Waals surface area contributed by atoms with Crippen molar-refractivity contribution in [1.29, 1.82) is 0 Å². The zero-order chi connectivity index (χ0) is 27.1. The molecule has 0 aliphatic carbocycles. The van der Waals surface area contributed by atoms with Gasteiger partial charge in [0.1, 0.15) is 5.69 Å². The Bertz CT molecular complexity index is 1590. The van der Waals surface area contributed by atoms with Crippen molar-refractivity contribution in [3.8, 4) is 16.9 Å². The Labute approximate surface area is 225 Å². The quantitative estimate of drug-likeness (QED) is 0.318. The molecule has 8 heteroatoms. The first-order valence-corrected chi connectivity index (χ1v) is 12.3. The molecule has 0 spiro atoms. The number of amides is 1. The number of esters is 2. The highest BCUT2D eigenvalue weighted by molar-refractivity contribution is 6.31. The Balaban J connectivity index is 1.98. The number of aromatic nitrogens is 1. The predicted molar refractivity (Wildman–Crippen MR) is 145 cm³/mol. The fraction of sp³-hybridized carbons (Fsp3) is 0.167. The molecule has 0 radical (unpaired) electrons. The molecule has 1 atom stereocenters. The zero-order valence-corrected chi connectivity index (χ0v) is 22.1. The van der Waals surface area contributed by atoms with Gasteiger partial charge in [0.2, 0.25) is 5.91 Å². The van der Waals surface area contributed by atoms with Gasteiger partial charge in [0.05, 0.1) is 31.4 Å². The summed E-state index contributed by atoms with van der Waals surface area (Å²) in [6, 6.07) is 20.3. The Kier molecular flexibility index (Phi) is 6.55. The highest BCUT2D eigenvalue weighted by Gasteiger charge is 2.43. The third-order valence-corrected chi connectivity index (χ3v) is 6.96. The van der Waals surface area contributed by atoms with Crippen LogP contribution in [0.2, 0.25) is 5.02 Å². The number of fused-ring (bicyclic) bond motifs is 1. The molecule has 1 aromatic heterocycles. The Morgan fingerprint density at radius 1 is 0.868 bits per heavy atom. The van der Waals surface area contributed by atoms with Crippen molar-refractivity contribution in [3.63, 3.8) is 0 Å².